The number of carbonyl (C=O) groups excluding carboxylic acids is 2. The molecule has 3 rings (SSSR count). The molecule has 23 heavy (non-hydrogen) atoms. The van der Waals surface area contributed by atoms with Crippen molar-refractivity contribution in [3.05, 3.63) is 23.8 Å². The zero-order valence-corrected chi connectivity index (χ0v) is 12.9. The van der Waals surface area contributed by atoms with Crippen molar-refractivity contribution in [2.45, 2.75) is 44.9 Å². The fraction of sp³-hybridized carbons (Fsp3) is 0.471. The first-order valence-corrected chi connectivity index (χ1v) is 7.95. The Bertz CT molecular complexity index is 665. The van der Waals surface area contributed by atoms with Crippen LogP contribution in [-0.2, 0) is 20.8 Å². The molecule has 1 aliphatic carbocycles. The Morgan fingerprint density at radius 1 is 1.22 bits per heavy atom. The fourth-order valence-corrected chi connectivity index (χ4v) is 3.23. The predicted octanol–water partition coefficient (Wildman–Crippen LogP) is 2.54. The lowest BCUT2D eigenvalue weighted by Gasteiger charge is -2.36. The highest BCUT2D eigenvalue weighted by Crippen LogP contribution is 2.44. The van der Waals surface area contributed by atoms with E-state index in [1.165, 1.54) is 0 Å². The molecule has 122 valence electrons. The third-order valence-electron chi connectivity index (χ3n) is 4.78. The van der Waals surface area contributed by atoms with Crippen LogP contribution in [0.1, 0.15) is 44.1 Å². The highest BCUT2D eigenvalue weighted by molar-refractivity contribution is 5.96. The quantitative estimate of drug-likeness (QED) is 0.795. The van der Waals surface area contributed by atoms with Crippen molar-refractivity contribution in [2.24, 2.45) is 5.41 Å². The molecule has 1 aliphatic heterocycles. The van der Waals surface area contributed by atoms with E-state index in [9.17, 15) is 19.5 Å². The Kier molecular flexibility index (Phi) is 4.07. The van der Waals surface area contributed by atoms with E-state index in [1.54, 1.807) is 12.1 Å². The first kappa shape index (κ1) is 15.5. The lowest BCUT2D eigenvalue weighted by atomic mass is 9.66. The molecule has 0 bridgehead atoms. The van der Waals surface area contributed by atoms with Crippen LogP contribution in [0, 0.1) is 5.41 Å². The van der Waals surface area contributed by atoms with Crippen LogP contribution in [0.3, 0.4) is 0 Å². The van der Waals surface area contributed by atoms with Gasteiger partial charge in [0.25, 0.3) is 0 Å². The standard InChI is InChI=1S/C17H20N2O4/c20-14-4-1-3-11-9-12(5-6-13(11)19-14)18-15(21)10-17(16(22)23)7-2-8-17/h5-6,9H,1-4,7-8,10H2,(H,18,21)(H,19,20)(H,22,23). The number of aliphatic carboxylic acids is 1. The normalized spacial score (nSPS) is 18.9. The molecule has 1 aromatic carbocycles. The van der Waals surface area contributed by atoms with E-state index in [-0.39, 0.29) is 18.2 Å². The average molecular weight is 316 g/mol. The van der Waals surface area contributed by atoms with Crippen LogP contribution in [-0.4, -0.2) is 22.9 Å². The third-order valence-corrected chi connectivity index (χ3v) is 4.78. The highest BCUT2D eigenvalue weighted by atomic mass is 16.4. The smallest absolute Gasteiger partial charge is 0.310 e. The number of amides is 2. The first-order valence-electron chi connectivity index (χ1n) is 7.95. The zero-order chi connectivity index (χ0) is 16.4. The van der Waals surface area contributed by atoms with E-state index >= 15 is 0 Å². The Morgan fingerprint density at radius 2 is 2.00 bits per heavy atom. The van der Waals surface area contributed by atoms with Crippen LogP contribution in [0.25, 0.3) is 0 Å². The number of nitrogens with one attached hydrogen (secondary N) is 2. The van der Waals surface area contributed by atoms with Crippen LogP contribution >= 0.6 is 0 Å². The Labute approximate surface area is 134 Å². The summed E-state index contributed by atoms with van der Waals surface area (Å²) in [6, 6.07) is 5.37. The van der Waals surface area contributed by atoms with Crippen molar-refractivity contribution in [3.63, 3.8) is 0 Å². The molecule has 1 aromatic rings. The van der Waals surface area contributed by atoms with Gasteiger partial charge in [0.05, 0.1) is 5.41 Å². The van der Waals surface area contributed by atoms with Crippen LogP contribution in [0.5, 0.6) is 0 Å². The molecule has 1 heterocycles. The molecule has 1 fully saturated rings. The molecule has 0 aromatic heterocycles. The van der Waals surface area contributed by atoms with Gasteiger partial charge in [0.15, 0.2) is 0 Å². The number of anilines is 2. The number of hydrogen-bond donors (Lipinski definition) is 3. The van der Waals surface area contributed by atoms with E-state index in [0.717, 1.165) is 30.5 Å². The molecule has 2 aliphatic rings. The van der Waals surface area contributed by atoms with Gasteiger partial charge in [-0.15, -0.1) is 0 Å². The van der Waals surface area contributed by atoms with Gasteiger partial charge in [-0.3, -0.25) is 14.4 Å². The molecule has 2 amide bonds. The van der Waals surface area contributed by atoms with E-state index in [2.05, 4.69) is 10.6 Å². The van der Waals surface area contributed by atoms with E-state index < -0.39 is 11.4 Å². The third kappa shape index (κ3) is 3.21. The maximum Gasteiger partial charge on any atom is 0.310 e. The van der Waals surface area contributed by atoms with Crippen molar-refractivity contribution >= 4 is 29.2 Å². The Balaban J connectivity index is 1.68. The summed E-state index contributed by atoms with van der Waals surface area (Å²) in [5.74, 6) is -1.15. The monoisotopic (exact) mass is 316 g/mol. The topological polar surface area (TPSA) is 95.5 Å². The van der Waals surface area contributed by atoms with Crippen molar-refractivity contribution < 1.29 is 19.5 Å². The number of benzene rings is 1. The van der Waals surface area contributed by atoms with Crippen molar-refractivity contribution in [1.82, 2.24) is 0 Å². The predicted molar refractivity (Wildman–Crippen MR) is 85.2 cm³/mol. The maximum atomic E-state index is 12.2. The number of carbonyl (C=O) groups is 3. The summed E-state index contributed by atoms with van der Waals surface area (Å²) in [6.45, 7) is 0. The minimum atomic E-state index is -0.886. The number of carboxylic acids is 1. The summed E-state index contributed by atoms with van der Waals surface area (Å²) >= 11 is 0. The van der Waals surface area contributed by atoms with Crippen molar-refractivity contribution in [3.8, 4) is 0 Å². The second-order valence-corrected chi connectivity index (χ2v) is 6.44. The summed E-state index contributed by atoms with van der Waals surface area (Å²) in [7, 11) is 0. The maximum absolute atomic E-state index is 12.2. The van der Waals surface area contributed by atoms with Gasteiger partial charge in [-0.1, -0.05) is 6.42 Å². The van der Waals surface area contributed by atoms with Gasteiger partial charge < -0.3 is 15.7 Å². The van der Waals surface area contributed by atoms with Gasteiger partial charge in [0, 0.05) is 24.2 Å². The number of rotatable bonds is 4. The molecule has 6 heteroatoms. The van der Waals surface area contributed by atoms with Gasteiger partial charge >= 0.3 is 5.97 Å². The van der Waals surface area contributed by atoms with Gasteiger partial charge in [0.1, 0.15) is 0 Å². The second kappa shape index (κ2) is 6.02. The lowest BCUT2D eigenvalue weighted by molar-refractivity contribution is -0.157. The number of fused-ring (bicyclic) bond motifs is 1. The number of aryl methyl sites for hydroxylation is 1. The highest BCUT2D eigenvalue weighted by Gasteiger charge is 2.45. The molecule has 3 N–H and O–H groups in total. The minimum absolute atomic E-state index is 0.00826. The summed E-state index contributed by atoms with van der Waals surface area (Å²) in [5.41, 5.74) is 1.53. The fourth-order valence-electron chi connectivity index (χ4n) is 3.23. The Morgan fingerprint density at radius 3 is 2.65 bits per heavy atom. The summed E-state index contributed by atoms with van der Waals surface area (Å²) in [5, 5.41) is 14.9. The molecule has 0 unspecified atom stereocenters. The SMILES string of the molecule is O=C(CC1(C(=O)O)CCC1)Nc1ccc2c(c1)CCCC(=O)N2. The molecule has 6 nitrogen and oxygen atoms in total. The second-order valence-electron chi connectivity index (χ2n) is 6.44. The molecular formula is C17H20N2O4. The summed E-state index contributed by atoms with van der Waals surface area (Å²) < 4.78 is 0. The number of hydrogen-bond acceptors (Lipinski definition) is 3. The molecule has 0 saturated heterocycles. The molecule has 0 atom stereocenters. The number of carboxylic acid groups (broad SMARTS) is 1. The van der Waals surface area contributed by atoms with Crippen LogP contribution in [0.15, 0.2) is 18.2 Å². The van der Waals surface area contributed by atoms with E-state index in [1.807, 2.05) is 6.07 Å². The van der Waals surface area contributed by atoms with Gasteiger partial charge in [-0.05, 0) is 49.4 Å². The summed E-state index contributed by atoms with van der Waals surface area (Å²) in [6.07, 6.45) is 4.04. The van der Waals surface area contributed by atoms with Crippen LogP contribution in [0.4, 0.5) is 11.4 Å². The first-order chi connectivity index (χ1) is 11.0. The lowest BCUT2D eigenvalue weighted by Crippen LogP contribution is -2.41. The van der Waals surface area contributed by atoms with Gasteiger partial charge in [-0.2, -0.15) is 0 Å². The van der Waals surface area contributed by atoms with Gasteiger partial charge in [0.2, 0.25) is 11.8 Å². The zero-order valence-electron chi connectivity index (χ0n) is 12.9. The molecule has 0 spiro atoms. The summed E-state index contributed by atoms with van der Waals surface area (Å²) in [4.78, 5) is 35.0. The molecule has 0 radical (unpaired) electrons. The van der Waals surface area contributed by atoms with Gasteiger partial charge in [-0.25, -0.2) is 0 Å². The van der Waals surface area contributed by atoms with Crippen LogP contribution < -0.4 is 10.6 Å². The molecular weight excluding hydrogens is 296 g/mol. The largest absolute Gasteiger partial charge is 0.481 e. The Hall–Kier alpha value is -2.37. The van der Waals surface area contributed by atoms with Crippen molar-refractivity contribution in [2.75, 3.05) is 10.6 Å². The van der Waals surface area contributed by atoms with E-state index in [4.69, 9.17) is 0 Å². The van der Waals surface area contributed by atoms with Crippen LogP contribution in [0.2, 0.25) is 0 Å². The average Bonchev–Trinajstić information content (AvgIpc) is 2.63. The minimum Gasteiger partial charge on any atom is -0.481 e. The van der Waals surface area contributed by atoms with E-state index in [0.29, 0.717) is 24.9 Å². The van der Waals surface area contributed by atoms with Crippen molar-refractivity contribution in [1.29, 1.82) is 0 Å². The molecule has 1 saturated carbocycles.